The monoisotopic (exact) mass is 1800 g/mol. The highest BCUT2D eigenvalue weighted by Crippen LogP contribution is 2.48. The van der Waals surface area contributed by atoms with Gasteiger partial charge in [-0.2, -0.15) is 0 Å². The number of fused-ring (bicyclic) bond motifs is 2. The second-order valence-corrected chi connectivity index (χ2v) is 30.2. The molecule has 0 radical (unpaired) electrons. The van der Waals surface area contributed by atoms with Gasteiger partial charge in [-0.25, -0.2) is 33.6 Å². The van der Waals surface area contributed by atoms with Gasteiger partial charge in [-0.15, -0.1) is 0 Å². The summed E-state index contributed by atoms with van der Waals surface area (Å²) in [5, 5.41) is 25.7. The van der Waals surface area contributed by atoms with E-state index in [4.69, 9.17) is 80.5 Å². The van der Waals surface area contributed by atoms with Crippen molar-refractivity contribution in [2.24, 2.45) is 0 Å². The minimum atomic E-state index is -1.89. The lowest BCUT2D eigenvalue weighted by Crippen LogP contribution is -2.51. The number of rotatable bonds is 54. The molecule has 129 heavy (non-hydrogen) atoms. The second kappa shape index (κ2) is 48.3. The highest BCUT2D eigenvalue weighted by Gasteiger charge is 2.43. The van der Waals surface area contributed by atoms with Crippen LogP contribution < -0.4 is 0 Å². The van der Waals surface area contributed by atoms with Crippen molar-refractivity contribution in [3.63, 3.8) is 0 Å². The predicted octanol–water partition coefficient (Wildman–Crippen LogP) is 7.65. The molecule has 0 saturated heterocycles. The zero-order valence-electron chi connectivity index (χ0n) is 72.6. The van der Waals surface area contributed by atoms with E-state index in [-0.39, 0.29) is 110 Å². The summed E-state index contributed by atoms with van der Waals surface area (Å²) in [5.74, 6) is -15.8. The van der Waals surface area contributed by atoms with E-state index in [1.54, 1.807) is 24.3 Å². The summed E-state index contributed by atoms with van der Waals surface area (Å²) in [7, 11) is 0. The van der Waals surface area contributed by atoms with Crippen molar-refractivity contribution in [3.05, 3.63) is 168 Å². The lowest BCUT2D eigenvalue weighted by Gasteiger charge is -2.39. The lowest BCUT2D eigenvalue weighted by atomic mass is 9.82. The molecule has 5 aromatic carbocycles. The van der Waals surface area contributed by atoms with Gasteiger partial charge in [0.1, 0.15) is 97.7 Å². The number of nitrogens with zero attached hydrogens (tertiary/aromatic N) is 2. The molecule has 0 aromatic heterocycles. The van der Waals surface area contributed by atoms with E-state index in [1.807, 2.05) is 0 Å². The van der Waals surface area contributed by atoms with Gasteiger partial charge in [-0.3, -0.25) is 57.7 Å². The third-order valence-electron chi connectivity index (χ3n) is 19.0. The number of ether oxygens (including phenoxy) is 17. The zero-order valence-corrected chi connectivity index (χ0v) is 72.6. The molecule has 5 unspecified atom stereocenters. The number of imide groups is 1. The largest absolute Gasteiger partial charge is 0.463 e. The fraction of sp³-hybridized carbons (Fsp3) is 0.418. The van der Waals surface area contributed by atoms with E-state index in [1.165, 1.54) is 79.7 Å². The summed E-state index contributed by atoms with van der Waals surface area (Å²) < 4.78 is 91.1. The highest BCUT2D eigenvalue weighted by atomic mass is 16.7. The van der Waals surface area contributed by atoms with E-state index >= 15 is 14.4 Å². The maximum absolute atomic E-state index is 15.3. The lowest BCUT2D eigenvalue weighted by molar-refractivity contribution is -0.169. The standard InChI is InChI=1S/C91H102N2O36/c1-47(2)84(105)118-38-57(39-119-85(106)48(3)4)126-46-113-33-17-18-69(94)114-34-55(35-115-70(95)27-30-73(98)127-58(40-120-86(107)49(5)6)41-121-87(108)50(7)8)92-80(101)65-23-19-61-63-21-25-67-79-68(26-22-64(77(63)79)62-20-24-66(81(92)102)78(65)76(61)62)83(104)93(82(67)103)56(36-116-71(96)28-31-74(99)128-59(42-122-88(109)51(9)10)43-123-89(110)52(11)12)37-117-72(97)29-32-75(100)129-60(44-124-90(111)53(13)14)45-125-91(112)54(15)16/h19-26,55-60,80,88,101,109H,1,3,5,7,9,11,13,15,17-18,27-46H2,2,4,6,8,10,12,14,16H3. The number of amides is 3. The van der Waals surface area contributed by atoms with Crippen LogP contribution in [0, 0.1) is 0 Å². The first kappa shape index (κ1) is 102. The quantitative estimate of drug-likeness (QED) is 0.00434. The Hall–Kier alpha value is -13.7. The molecule has 38 nitrogen and oxygen atoms in total. The molecule has 0 aliphatic carbocycles. The molecule has 5 aromatic rings. The van der Waals surface area contributed by atoms with E-state index in [0.29, 0.717) is 37.2 Å². The Labute approximate surface area is 739 Å². The van der Waals surface area contributed by atoms with Crippen LogP contribution in [-0.4, -0.2) is 257 Å². The molecule has 2 heterocycles. The molecule has 692 valence electrons. The molecule has 0 saturated carbocycles. The SMILES string of the molecule is C=C(C)C(=O)OCC(COC(=O)C(=C)C)OCOCCCC(=O)OCC(COC(=O)CCC(=O)OC(COC(=O)C(=C)C)COC(=O)C(=C)C)N1C(=O)c2ccc3c4ccc5c6c(ccc(c7ccc(c2c37)C1O)c64)C(=O)N(C(COC(=O)CCC(=O)OC(COC(=O)C(=C)C)COC(=O)C(=C)C)COC(=O)CCC(=O)OC(COC(=O)C(=C)C)COC(O)C(=C)C)C5=O. The van der Waals surface area contributed by atoms with Gasteiger partial charge in [0.25, 0.3) is 17.7 Å². The van der Waals surface area contributed by atoms with Crippen LogP contribution in [0.1, 0.15) is 150 Å². The predicted molar refractivity (Wildman–Crippen MR) is 450 cm³/mol. The van der Waals surface area contributed by atoms with Crippen molar-refractivity contribution in [2.45, 2.75) is 156 Å². The van der Waals surface area contributed by atoms with E-state index in [2.05, 4.69) is 52.6 Å². The van der Waals surface area contributed by atoms with Crippen LogP contribution in [0.25, 0.3) is 43.1 Å². The number of hydrogen-bond acceptors (Lipinski definition) is 36. The first-order chi connectivity index (χ1) is 61.0. The van der Waals surface area contributed by atoms with Gasteiger partial charge in [-0.05, 0) is 118 Å². The summed E-state index contributed by atoms with van der Waals surface area (Å²) in [6.07, 6.45) is -12.9. The number of benzene rings is 5. The van der Waals surface area contributed by atoms with E-state index in [0.717, 1.165) is 4.90 Å². The molecule has 2 aliphatic rings. The fourth-order valence-electron chi connectivity index (χ4n) is 12.3. The molecule has 3 amide bonds. The Morgan fingerprint density at radius 3 is 0.969 bits per heavy atom. The Bertz CT molecular complexity index is 5120. The van der Waals surface area contributed by atoms with Crippen LogP contribution in [0.15, 0.2) is 146 Å². The summed E-state index contributed by atoms with van der Waals surface area (Å²) in [5.41, 5.74) is 0.346. The number of esters is 14. The highest BCUT2D eigenvalue weighted by molar-refractivity contribution is 6.39. The number of aliphatic hydroxyl groups excluding tert-OH is 2. The van der Waals surface area contributed by atoms with Crippen molar-refractivity contribution in [2.75, 3.05) is 92.7 Å². The zero-order chi connectivity index (χ0) is 95.4. The minimum Gasteiger partial charge on any atom is -0.463 e. The molecule has 38 heteroatoms. The van der Waals surface area contributed by atoms with Crippen molar-refractivity contribution >= 4 is 144 Å². The first-order valence-corrected chi connectivity index (χ1v) is 40.2. The molecule has 0 fully saturated rings. The minimum absolute atomic E-state index is 0.00431. The van der Waals surface area contributed by atoms with E-state index < -0.39 is 262 Å². The third-order valence-corrected chi connectivity index (χ3v) is 19.0. The molecule has 0 bridgehead atoms. The van der Waals surface area contributed by atoms with Gasteiger partial charge in [0.2, 0.25) is 0 Å². The van der Waals surface area contributed by atoms with Gasteiger partial charge in [0, 0.05) is 85.1 Å². The topological polar surface area (TPSA) is 494 Å². The van der Waals surface area contributed by atoms with Gasteiger partial charge in [0.05, 0.1) is 45.1 Å². The van der Waals surface area contributed by atoms with Crippen molar-refractivity contribution in [1.29, 1.82) is 0 Å². The molecule has 7 rings (SSSR count). The van der Waals surface area contributed by atoms with Gasteiger partial charge in [0.15, 0.2) is 30.8 Å². The van der Waals surface area contributed by atoms with Crippen molar-refractivity contribution < 1.29 is 172 Å². The average molecular weight is 1800 g/mol. The Kier molecular flexibility index (Phi) is 38.3. The molecular formula is C91H102N2O36. The third kappa shape index (κ3) is 29.2. The average Bonchev–Trinajstić information content (AvgIpc) is 0.688. The van der Waals surface area contributed by atoms with Crippen LogP contribution in [0.5, 0.6) is 0 Å². The Balaban J connectivity index is 1.16. The summed E-state index contributed by atoms with van der Waals surface area (Å²) in [6, 6.07) is 8.99. The van der Waals surface area contributed by atoms with Crippen molar-refractivity contribution in [1.82, 2.24) is 9.80 Å². The molecule has 0 spiro atoms. The first-order valence-electron chi connectivity index (χ1n) is 40.2. The number of carbonyl (C=O) groups is 17. The second-order valence-electron chi connectivity index (χ2n) is 30.2. The van der Waals surface area contributed by atoms with Crippen LogP contribution >= 0.6 is 0 Å². The number of carbonyl (C=O) groups excluding carboxylic acids is 17. The maximum atomic E-state index is 15.3. The fourth-order valence-corrected chi connectivity index (χ4v) is 12.3. The van der Waals surface area contributed by atoms with Gasteiger partial charge in [-0.1, -0.05) is 83.0 Å². The van der Waals surface area contributed by atoms with E-state index in [9.17, 15) is 77.3 Å². The summed E-state index contributed by atoms with van der Waals surface area (Å²) >= 11 is 0. The summed E-state index contributed by atoms with van der Waals surface area (Å²) in [6.45, 7) is 31.3. The van der Waals surface area contributed by atoms with Crippen molar-refractivity contribution in [3.8, 4) is 0 Å². The van der Waals surface area contributed by atoms with Gasteiger partial charge < -0.3 is 90.7 Å². The molecule has 2 N–H and O–H groups in total. The van der Waals surface area contributed by atoms with Crippen LogP contribution in [0.4, 0.5) is 0 Å². The molecule has 2 aliphatic heterocycles. The van der Waals surface area contributed by atoms with Crippen LogP contribution in [0.2, 0.25) is 0 Å². The maximum Gasteiger partial charge on any atom is 0.333 e. The summed E-state index contributed by atoms with van der Waals surface area (Å²) in [4.78, 5) is 227. The smallest absolute Gasteiger partial charge is 0.333 e. The Morgan fingerprint density at radius 2 is 0.628 bits per heavy atom. The number of aliphatic hydroxyl groups is 2. The molecule has 5 atom stereocenters. The Morgan fingerprint density at radius 1 is 0.333 bits per heavy atom. The molecular weight excluding hydrogens is 1700 g/mol. The number of hydrogen-bond donors (Lipinski definition) is 2. The van der Waals surface area contributed by atoms with Gasteiger partial charge >= 0.3 is 83.6 Å². The van der Waals surface area contributed by atoms with Crippen LogP contribution in [-0.2, 0) is 148 Å². The van der Waals surface area contributed by atoms with Crippen LogP contribution in [0.3, 0.4) is 0 Å². The normalized spacial score (nSPS) is 13.6.